The van der Waals surface area contributed by atoms with Crippen molar-refractivity contribution in [1.29, 1.82) is 0 Å². The van der Waals surface area contributed by atoms with E-state index in [1.54, 1.807) is 7.11 Å². The summed E-state index contributed by atoms with van der Waals surface area (Å²) in [6, 6.07) is 5.79. The summed E-state index contributed by atoms with van der Waals surface area (Å²) in [6.45, 7) is 0. The van der Waals surface area contributed by atoms with Crippen LogP contribution in [0.5, 0.6) is 5.75 Å². The smallest absolute Gasteiger partial charge is 0.141 e. The minimum Gasteiger partial charge on any atom is -0.495 e. The molecule has 0 amide bonds. The number of hydrogen-bond donors (Lipinski definition) is 1. The molecule has 17 heavy (non-hydrogen) atoms. The van der Waals surface area contributed by atoms with Crippen LogP contribution in [0.2, 0.25) is 0 Å². The van der Waals surface area contributed by atoms with Gasteiger partial charge in [-0.1, -0.05) is 6.07 Å². The Morgan fingerprint density at radius 2 is 1.94 bits per heavy atom. The summed E-state index contributed by atoms with van der Waals surface area (Å²) < 4.78 is 5.10. The van der Waals surface area contributed by atoms with E-state index >= 15 is 0 Å². The third kappa shape index (κ3) is 2.90. The molecule has 0 saturated heterocycles. The number of rotatable bonds is 4. The van der Waals surface area contributed by atoms with Crippen molar-refractivity contribution in [3.63, 3.8) is 0 Å². The summed E-state index contributed by atoms with van der Waals surface area (Å²) in [5, 5.41) is 0. The van der Waals surface area contributed by atoms with Gasteiger partial charge >= 0.3 is 0 Å². The summed E-state index contributed by atoms with van der Waals surface area (Å²) in [5.74, 6) is 1.49. The topological polar surface area (TPSA) is 73.9 Å². The quantitative estimate of drug-likeness (QED) is 0.800. The van der Waals surface area contributed by atoms with Gasteiger partial charge in [0.05, 0.1) is 12.8 Å². The van der Waals surface area contributed by atoms with Crippen LogP contribution in [0.3, 0.4) is 0 Å². The largest absolute Gasteiger partial charge is 0.495 e. The maximum Gasteiger partial charge on any atom is 0.141 e. The molecular weight excluding hydrogens is 216 g/mol. The Bertz CT molecular complexity index is 487. The first-order chi connectivity index (χ1) is 8.29. The lowest BCUT2D eigenvalue weighted by Gasteiger charge is -2.06. The van der Waals surface area contributed by atoms with Crippen LogP contribution in [0.15, 0.2) is 30.9 Å². The number of anilines is 1. The molecule has 2 rings (SSSR count). The molecule has 0 radical (unpaired) electrons. The summed E-state index contributed by atoms with van der Waals surface area (Å²) in [5.41, 5.74) is 7.63. The van der Waals surface area contributed by atoms with Crippen molar-refractivity contribution in [2.45, 2.75) is 12.8 Å². The van der Waals surface area contributed by atoms with Gasteiger partial charge < -0.3 is 10.5 Å². The van der Waals surface area contributed by atoms with Crippen molar-refractivity contribution >= 4 is 5.69 Å². The first-order valence-electron chi connectivity index (χ1n) is 5.33. The lowest BCUT2D eigenvalue weighted by atomic mass is 10.1. The summed E-state index contributed by atoms with van der Waals surface area (Å²) in [7, 11) is 1.61. The number of aryl methyl sites for hydroxylation is 2. The minimum atomic E-state index is 0.653. The average molecular weight is 230 g/mol. The molecule has 0 aliphatic rings. The summed E-state index contributed by atoms with van der Waals surface area (Å²) in [4.78, 5) is 11.9. The molecular formula is C12H14N4O. The number of ether oxygens (including phenoxy) is 1. The molecule has 1 aromatic heterocycles. The summed E-state index contributed by atoms with van der Waals surface area (Å²) in [6.07, 6.45) is 4.63. The highest BCUT2D eigenvalue weighted by atomic mass is 16.5. The van der Waals surface area contributed by atoms with Gasteiger partial charge in [0.15, 0.2) is 0 Å². The highest BCUT2D eigenvalue weighted by Crippen LogP contribution is 2.22. The lowest BCUT2D eigenvalue weighted by Crippen LogP contribution is -1.99. The second-order valence-corrected chi connectivity index (χ2v) is 3.63. The number of nitrogens with zero attached hydrogens (tertiary/aromatic N) is 3. The van der Waals surface area contributed by atoms with E-state index in [1.165, 1.54) is 12.7 Å². The van der Waals surface area contributed by atoms with Gasteiger partial charge in [0, 0.05) is 6.42 Å². The van der Waals surface area contributed by atoms with Crippen molar-refractivity contribution in [2.24, 2.45) is 0 Å². The van der Waals surface area contributed by atoms with Gasteiger partial charge in [-0.05, 0) is 24.1 Å². The monoisotopic (exact) mass is 230 g/mol. The van der Waals surface area contributed by atoms with Crippen LogP contribution < -0.4 is 10.5 Å². The number of hydrogen-bond acceptors (Lipinski definition) is 5. The Balaban J connectivity index is 2.02. The molecule has 2 aromatic rings. The van der Waals surface area contributed by atoms with Gasteiger partial charge in [-0.15, -0.1) is 0 Å². The Labute approximate surface area is 99.7 Å². The Hall–Kier alpha value is -2.17. The molecule has 5 heteroatoms. The van der Waals surface area contributed by atoms with Gasteiger partial charge in [0.25, 0.3) is 0 Å². The van der Waals surface area contributed by atoms with Gasteiger partial charge in [0.2, 0.25) is 0 Å². The molecule has 0 spiro atoms. The molecule has 0 bridgehead atoms. The van der Waals surface area contributed by atoms with Crippen LogP contribution in [0.4, 0.5) is 5.69 Å². The van der Waals surface area contributed by atoms with Gasteiger partial charge in [-0.2, -0.15) is 0 Å². The van der Waals surface area contributed by atoms with Crippen LogP contribution in [0.1, 0.15) is 11.4 Å². The van der Waals surface area contributed by atoms with Crippen LogP contribution in [-0.4, -0.2) is 22.1 Å². The third-order valence-electron chi connectivity index (χ3n) is 2.48. The van der Waals surface area contributed by atoms with Crippen LogP contribution >= 0.6 is 0 Å². The van der Waals surface area contributed by atoms with Crippen molar-refractivity contribution in [1.82, 2.24) is 15.0 Å². The van der Waals surface area contributed by atoms with Crippen molar-refractivity contribution in [2.75, 3.05) is 12.8 Å². The Morgan fingerprint density at radius 3 is 2.59 bits per heavy atom. The molecule has 0 atom stereocenters. The maximum atomic E-state index is 5.83. The minimum absolute atomic E-state index is 0.653. The molecule has 1 heterocycles. The van der Waals surface area contributed by atoms with Crippen LogP contribution in [0.25, 0.3) is 0 Å². The lowest BCUT2D eigenvalue weighted by molar-refractivity contribution is 0.417. The fourth-order valence-electron chi connectivity index (χ4n) is 1.59. The van der Waals surface area contributed by atoms with E-state index in [4.69, 9.17) is 10.5 Å². The highest BCUT2D eigenvalue weighted by Gasteiger charge is 2.02. The first kappa shape index (κ1) is 11.3. The number of benzene rings is 1. The Kier molecular flexibility index (Phi) is 3.49. The van der Waals surface area contributed by atoms with E-state index in [9.17, 15) is 0 Å². The van der Waals surface area contributed by atoms with Gasteiger partial charge in [-0.25, -0.2) is 15.0 Å². The molecule has 0 saturated carbocycles. The normalized spacial score (nSPS) is 10.2. The van der Waals surface area contributed by atoms with Crippen molar-refractivity contribution < 1.29 is 4.74 Å². The number of methoxy groups -OCH3 is 1. The fourth-order valence-corrected chi connectivity index (χ4v) is 1.59. The Morgan fingerprint density at radius 1 is 1.18 bits per heavy atom. The first-order valence-corrected chi connectivity index (χ1v) is 5.33. The second kappa shape index (κ2) is 5.25. The number of nitrogens with two attached hydrogens (primary N) is 1. The van der Waals surface area contributed by atoms with Crippen LogP contribution in [-0.2, 0) is 12.8 Å². The standard InChI is InChI=1S/C12H14N4O/c1-17-11-4-2-9(6-10(11)13)3-5-12-15-7-14-8-16-12/h2,4,6-8H,3,5,13H2,1H3. The van der Waals surface area contributed by atoms with Crippen molar-refractivity contribution in [3.8, 4) is 5.75 Å². The second-order valence-electron chi connectivity index (χ2n) is 3.63. The van der Waals surface area contributed by atoms with E-state index in [1.807, 2.05) is 18.2 Å². The number of aromatic nitrogens is 3. The van der Waals surface area contributed by atoms with E-state index in [0.717, 1.165) is 24.2 Å². The van der Waals surface area contributed by atoms with E-state index in [-0.39, 0.29) is 0 Å². The molecule has 0 aliphatic carbocycles. The highest BCUT2D eigenvalue weighted by molar-refractivity contribution is 5.54. The van der Waals surface area contributed by atoms with E-state index in [0.29, 0.717) is 11.4 Å². The molecule has 0 fully saturated rings. The zero-order valence-electron chi connectivity index (χ0n) is 9.63. The fraction of sp³-hybridized carbons (Fsp3) is 0.250. The maximum absolute atomic E-state index is 5.83. The van der Waals surface area contributed by atoms with Crippen LogP contribution in [0, 0.1) is 0 Å². The molecule has 2 N–H and O–H groups in total. The zero-order valence-corrected chi connectivity index (χ0v) is 9.63. The zero-order chi connectivity index (χ0) is 12.1. The SMILES string of the molecule is COc1ccc(CCc2ncncn2)cc1N. The summed E-state index contributed by atoms with van der Waals surface area (Å²) >= 11 is 0. The molecule has 0 aliphatic heterocycles. The van der Waals surface area contributed by atoms with E-state index in [2.05, 4.69) is 15.0 Å². The van der Waals surface area contributed by atoms with Gasteiger partial charge in [-0.3, -0.25) is 0 Å². The molecule has 1 aromatic carbocycles. The van der Waals surface area contributed by atoms with Crippen molar-refractivity contribution in [3.05, 3.63) is 42.2 Å². The number of nitrogen functional groups attached to an aromatic ring is 1. The third-order valence-corrected chi connectivity index (χ3v) is 2.48. The molecule has 5 nitrogen and oxygen atoms in total. The predicted octanol–water partition coefficient (Wildman–Crippen LogP) is 1.25. The average Bonchev–Trinajstić information content (AvgIpc) is 2.38. The van der Waals surface area contributed by atoms with Gasteiger partial charge in [0.1, 0.15) is 24.2 Å². The van der Waals surface area contributed by atoms with E-state index < -0.39 is 0 Å². The molecule has 0 unspecified atom stereocenters. The predicted molar refractivity (Wildman–Crippen MR) is 64.6 cm³/mol. The molecule has 88 valence electrons.